The van der Waals surface area contributed by atoms with Gasteiger partial charge in [0.15, 0.2) is 0 Å². The zero-order chi connectivity index (χ0) is 11.5. The van der Waals surface area contributed by atoms with Crippen LogP contribution in [0.2, 0.25) is 0 Å². The first kappa shape index (κ1) is 11.0. The molecule has 0 unspecified atom stereocenters. The van der Waals surface area contributed by atoms with Crippen LogP contribution in [0.4, 0.5) is 10.1 Å². The number of halogens is 1. The molecule has 0 heterocycles. The summed E-state index contributed by atoms with van der Waals surface area (Å²) >= 11 is 1.48. The summed E-state index contributed by atoms with van der Waals surface area (Å²) in [5.41, 5.74) is 7.57. The van der Waals surface area contributed by atoms with Crippen LogP contribution >= 0.6 is 11.8 Å². The second-order valence-corrected chi connectivity index (χ2v) is 4.72. The SMILES string of the molecule is Cc1cccc(Sc2cc(F)ccc2N)c1. The molecule has 0 aromatic heterocycles. The Labute approximate surface area is 98.5 Å². The fourth-order valence-electron chi connectivity index (χ4n) is 1.40. The lowest BCUT2D eigenvalue weighted by Crippen LogP contribution is -1.89. The summed E-state index contributed by atoms with van der Waals surface area (Å²) in [6, 6.07) is 12.5. The van der Waals surface area contributed by atoms with Crippen molar-refractivity contribution in [3.63, 3.8) is 0 Å². The normalized spacial score (nSPS) is 10.4. The molecule has 2 aromatic carbocycles. The molecule has 0 saturated carbocycles. The van der Waals surface area contributed by atoms with E-state index in [1.165, 1.54) is 29.5 Å². The molecule has 0 radical (unpaired) electrons. The molecule has 0 atom stereocenters. The van der Waals surface area contributed by atoms with E-state index in [2.05, 4.69) is 6.07 Å². The highest BCUT2D eigenvalue weighted by Gasteiger charge is 2.03. The van der Waals surface area contributed by atoms with Crippen molar-refractivity contribution in [3.8, 4) is 0 Å². The van der Waals surface area contributed by atoms with Gasteiger partial charge in [-0.3, -0.25) is 0 Å². The Morgan fingerprint density at radius 1 is 1.12 bits per heavy atom. The number of rotatable bonds is 2. The molecular weight excluding hydrogens is 221 g/mol. The van der Waals surface area contributed by atoms with Gasteiger partial charge in [-0.1, -0.05) is 29.5 Å². The molecule has 0 bridgehead atoms. The van der Waals surface area contributed by atoms with Crippen LogP contribution in [0.1, 0.15) is 5.56 Å². The van der Waals surface area contributed by atoms with Gasteiger partial charge in [0.05, 0.1) is 0 Å². The molecule has 2 rings (SSSR count). The Kier molecular flexibility index (Phi) is 3.15. The van der Waals surface area contributed by atoms with Crippen LogP contribution < -0.4 is 5.73 Å². The molecule has 1 nitrogen and oxygen atoms in total. The predicted molar refractivity (Wildman–Crippen MR) is 66.1 cm³/mol. The molecule has 0 aliphatic carbocycles. The van der Waals surface area contributed by atoms with E-state index in [0.29, 0.717) is 5.69 Å². The average Bonchev–Trinajstić information content (AvgIpc) is 2.24. The summed E-state index contributed by atoms with van der Waals surface area (Å²) in [7, 11) is 0. The van der Waals surface area contributed by atoms with Crippen LogP contribution in [0.15, 0.2) is 52.3 Å². The fourth-order valence-corrected chi connectivity index (χ4v) is 2.41. The second-order valence-electron chi connectivity index (χ2n) is 3.60. The standard InChI is InChI=1S/C13H12FNS/c1-9-3-2-4-11(7-9)16-13-8-10(14)5-6-12(13)15/h2-8H,15H2,1H3. The van der Waals surface area contributed by atoms with Crippen LogP contribution in [0.3, 0.4) is 0 Å². The van der Waals surface area contributed by atoms with Crippen molar-refractivity contribution in [2.45, 2.75) is 16.7 Å². The zero-order valence-corrected chi connectivity index (χ0v) is 9.72. The van der Waals surface area contributed by atoms with Crippen molar-refractivity contribution in [2.75, 3.05) is 5.73 Å². The Balaban J connectivity index is 2.30. The lowest BCUT2D eigenvalue weighted by Gasteiger charge is -2.05. The number of nitrogens with two attached hydrogens (primary N) is 1. The Hall–Kier alpha value is -1.48. The van der Waals surface area contributed by atoms with Crippen molar-refractivity contribution in [3.05, 3.63) is 53.8 Å². The van der Waals surface area contributed by atoms with Gasteiger partial charge in [0.1, 0.15) is 5.82 Å². The van der Waals surface area contributed by atoms with E-state index in [-0.39, 0.29) is 5.82 Å². The number of benzene rings is 2. The molecule has 0 aliphatic rings. The minimum Gasteiger partial charge on any atom is -0.398 e. The average molecular weight is 233 g/mol. The van der Waals surface area contributed by atoms with Crippen molar-refractivity contribution in [1.82, 2.24) is 0 Å². The van der Waals surface area contributed by atoms with Crippen LogP contribution in [0.5, 0.6) is 0 Å². The third kappa shape index (κ3) is 2.55. The number of nitrogen functional groups attached to an aromatic ring is 1. The first-order valence-electron chi connectivity index (χ1n) is 4.95. The third-order valence-electron chi connectivity index (χ3n) is 2.19. The molecule has 0 aliphatic heterocycles. The van der Waals surface area contributed by atoms with Gasteiger partial charge < -0.3 is 5.73 Å². The molecule has 0 saturated heterocycles. The van der Waals surface area contributed by atoms with Crippen molar-refractivity contribution < 1.29 is 4.39 Å². The van der Waals surface area contributed by atoms with Crippen LogP contribution in [0.25, 0.3) is 0 Å². The quantitative estimate of drug-likeness (QED) is 0.797. The van der Waals surface area contributed by atoms with Crippen molar-refractivity contribution in [1.29, 1.82) is 0 Å². The molecule has 2 aromatic rings. The summed E-state index contributed by atoms with van der Waals surface area (Å²) in [4.78, 5) is 1.82. The van der Waals surface area contributed by atoms with Gasteiger partial charge in [0, 0.05) is 15.5 Å². The van der Waals surface area contributed by atoms with Gasteiger partial charge in [0.25, 0.3) is 0 Å². The van der Waals surface area contributed by atoms with Gasteiger partial charge in [0.2, 0.25) is 0 Å². The Bertz CT molecular complexity index is 511. The van der Waals surface area contributed by atoms with Gasteiger partial charge in [-0.05, 0) is 37.3 Å². The van der Waals surface area contributed by atoms with Crippen LogP contribution in [-0.4, -0.2) is 0 Å². The van der Waals surface area contributed by atoms with E-state index in [1.807, 2.05) is 25.1 Å². The smallest absolute Gasteiger partial charge is 0.124 e. The lowest BCUT2D eigenvalue weighted by atomic mass is 10.2. The van der Waals surface area contributed by atoms with E-state index in [0.717, 1.165) is 9.79 Å². The van der Waals surface area contributed by atoms with Crippen LogP contribution in [0, 0.1) is 12.7 Å². The number of aryl methyl sites for hydroxylation is 1. The molecule has 0 spiro atoms. The van der Waals surface area contributed by atoms with Gasteiger partial charge >= 0.3 is 0 Å². The minimum absolute atomic E-state index is 0.260. The van der Waals surface area contributed by atoms with E-state index < -0.39 is 0 Å². The molecular formula is C13H12FNS. The Morgan fingerprint density at radius 3 is 2.69 bits per heavy atom. The zero-order valence-electron chi connectivity index (χ0n) is 8.91. The number of hydrogen-bond acceptors (Lipinski definition) is 2. The summed E-state index contributed by atoms with van der Waals surface area (Å²) in [5, 5.41) is 0. The van der Waals surface area contributed by atoms with E-state index >= 15 is 0 Å². The monoisotopic (exact) mass is 233 g/mol. The topological polar surface area (TPSA) is 26.0 Å². The molecule has 3 heteroatoms. The maximum Gasteiger partial charge on any atom is 0.124 e. The molecule has 82 valence electrons. The molecule has 16 heavy (non-hydrogen) atoms. The highest BCUT2D eigenvalue weighted by atomic mass is 32.2. The predicted octanol–water partition coefficient (Wildman–Crippen LogP) is 3.87. The molecule has 0 fully saturated rings. The highest BCUT2D eigenvalue weighted by Crippen LogP contribution is 2.32. The second kappa shape index (κ2) is 4.58. The minimum atomic E-state index is -0.260. The maximum absolute atomic E-state index is 13.1. The molecule has 0 amide bonds. The van der Waals surface area contributed by atoms with E-state index in [9.17, 15) is 4.39 Å². The summed E-state index contributed by atoms with van der Waals surface area (Å²) in [6.07, 6.45) is 0. The summed E-state index contributed by atoms with van der Waals surface area (Å²) in [5.74, 6) is -0.260. The fraction of sp³-hybridized carbons (Fsp3) is 0.0769. The van der Waals surface area contributed by atoms with Crippen LogP contribution in [-0.2, 0) is 0 Å². The summed E-state index contributed by atoms with van der Waals surface area (Å²) in [6.45, 7) is 2.03. The van der Waals surface area contributed by atoms with Gasteiger partial charge in [-0.25, -0.2) is 4.39 Å². The van der Waals surface area contributed by atoms with Crippen molar-refractivity contribution in [2.24, 2.45) is 0 Å². The number of anilines is 1. The summed E-state index contributed by atoms with van der Waals surface area (Å²) < 4.78 is 13.1. The van der Waals surface area contributed by atoms with Crippen molar-refractivity contribution >= 4 is 17.4 Å². The lowest BCUT2D eigenvalue weighted by molar-refractivity contribution is 0.624. The largest absolute Gasteiger partial charge is 0.398 e. The first-order valence-corrected chi connectivity index (χ1v) is 5.76. The van der Waals surface area contributed by atoms with Gasteiger partial charge in [-0.2, -0.15) is 0 Å². The maximum atomic E-state index is 13.1. The van der Waals surface area contributed by atoms with E-state index in [1.54, 1.807) is 6.07 Å². The highest BCUT2D eigenvalue weighted by molar-refractivity contribution is 7.99. The first-order chi connectivity index (χ1) is 7.65. The van der Waals surface area contributed by atoms with Gasteiger partial charge in [-0.15, -0.1) is 0 Å². The number of hydrogen-bond donors (Lipinski definition) is 1. The van der Waals surface area contributed by atoms with E-state index in [4.69, 9.17) is 5.73 Å². The Morgan fingerprint density at radius 2 is 1.94 bits per heavy atom. The third-order valence-corrected chi connectivity index (χ3v) is 3.26. The molecule has 2 N–H and O–H groups in total.